The van der Waals surface area contributed by atoms with Gasteiger partial charge in [0, 0.05) is 20.1 Å². The molecular weight excluding hydrogens is 322 g/mol. The van der Waals surface area contributed by atoms with Crippen LogP contribution in [0.15, 0.2) is 16.6 Å². The van der Waals surface area contributed by atoms with Gasteiger partial charge in [0.25, 0.3) is 0 Å². The number of nitrogens with two attached hydrogens (primary N) is 1. The number of methoxy groups -OCH3 is 2. The van der Waals surface area contributed by atoms with E-state index in [0.29, 0.717) is 12.6 Å². The average Bonchev–Trinajstić information content (AvgIpc) is 2.49. The first-order valence-corrected chi connectivity index (χ1v) is 7.73. The average molecular weight is 344 g/mol. The Balaban J connectivity index is 2.15. The SMILES string of the molecule is COc1cc(CN)cc(Br)c1OC1CCCC(OC)C1. The summed E-state index contributed by atoms with van der Waals surface area (Å²) in [5.41, 5.74) is 6.69. The molecule has 2 N–H and O–H groups in total. The highest BCUT2D eigenvalue weighted by atomic mass is 79.9. The number of rotatable bonds is 5. The molecule has 2 rings (SSSR count). The smallest absolute Gasteiger partial charge is 0.175 e. The molecule has 1 saturated carbocycles. The van der Waals surface area contributed by atoms with E-state index in [9.17, 15) is 0 Å². The quantitative estimate of drug-likeness (QED) is 0.891. The first kappa shape index (κ1) is 15.6. The zero-order valence-corrected chi connectivity index (χ0v) is 13.6. The Labute approximate surface area is 128 Å². The Bertz CT molecular complexity index is 453. The van der Waals surface area contributed by atoms with Gasteiger partial charge in [0.05, 0.1) is 17.7 Å². The third kappa shape index (κ3) is 3.65. The van der Waals surface area contributed by atoms with Crippen molar-refractivity contribution in [3.8, 4) is 11.5 Å². The molecule has 2 atom stereocenters. The van der Waals surface area contributed by atoms with Gasteiger partial charge in [-0.3, -0.25) is 0 Å². The molecule has 0 saturated heterocycles. The summed E-state index contributed by atoms with van der Waals surface area (Å²) < 4.78 is 17.9. The summed E-state index contributed by atoms with van der Waals surface area (Å²) in [5.74, 6) is 1.48. The maximum atomic E-state index is 6.15. The van der Waals surface area contributed by atoms with Crippen LogP contribution in [0.1, 0.15) is 31.2 Å². The van der Waals surface area contributed by atoms with E-state index in [-0.39, 0.29) is 6.10 Å². The van der Waals surface area contributed by atoms with Crippen molar-refractivity contribution >= 4 is 15.9 Å². The monoisotopic (exact) mass is 343 g/mol. The highest BCUT2D eigenvalue weighted by Crippen LogP contribution is 2.39. The largest absolute Gasteiger partial charge is 0.493 e. The lowest BCUT2D eigenvalue weighted by molar-refractivity contribution is 0.0199. The van der Waals surface area contributed by atoms with E-state index in [2.05, 4.69) is 15.9 Å². The lowest BCUT2D eigenvalue weighted by Gasteiger charge is -2.29. The molecule has 0 aromatic heterocycles. The maximum absolute atomic E-state index is 6.15. The molecule has 1 aromatic carbocycles. The summed E-state index contributed by atoms with van der Waals surface area (Å²) in [5, 5.41) is 0. The van der Waals surface area contributed by atoms with Gasteiger partial charge >= 0.3 is 0 Å². The van der Waals surface area contributed by atoms with E-state index in [1.807, 2.05) is 12.1 Å². The molecule has 0 aliphatic heterocycles. The van der Waals surface area contributed by atoms with Crippen molar-refractivity contribution in [2.45, 2.75) is 44.4 Å². The van der Waals surface area contributed by atoms with Crippen LogP contribution in [-0.4, -0.2) is 26.4 Å². The molecule has 1 aromatic rings. The van der Waals surface area contributed by atoms with Crippen LogP contribution in [-0.2, 0) is 11.3 Å². The molecule has 0 bridgehead atoms. The topological polar surface area (TPSA) is 53.7 Å². The molecule has 0 radical (unpaired) electrons. The summed E-state index contributed by atoms with van der Waals surface area (Å²) in [4.78, 5) is 0. The minimum atomic E-state index is 0.169. The van der Waals surface area contributed by atoms with E-state index in [0.717, 1.165) is 47.2 Å². The first-order valence-electron chi connectivity index (χ1n) is 6.93. The predicted octanol–water partition coefficient (Wildman–Crippen LogP) is 3.25. The molecular formula is C15H22BrNO3. The standard InChI is InChI=1S/C15H22BrNO3/c1-18-11-4-3-5-12(8-11)20-15-13(16)6-10(9-17)7-14(15)19-2/h6-7,11-12H,3-5,8-9,17H2,1-2H3. The second-order valence-corrected chi connectivity index (χ2v) is 5.93. The summed E-state index contributed by atoms with van der Waals surface area (Å²) in [7, 11) is 3.41. The van der Waals surface area contributed by atoms with E-state index in [4.69, 9.17) is 19.9 Å². The van der Waals surface area contributed by atoms with E-state index in [1.165, 1.54) is 0 Å². The minimum absolute atomic E-state index is 0.169. The summed E-state index contributed by atoms with van der Waals surface area (Å²) in [6, 6.07) is 3.91. The maximum Gasteiger partial charge on any atom is 0.175 e. The van der Waals surface area contributed by atoms with Crippen LogP contribution < -0.4 is 15.2 Å². The predicted molar refractivity (Wildman–Crippen MR) is 82.3 cm³/mol. The van der Waals surface area contributed by atoms with Crippen molar-refractivity contribution in [1.82, 2.24) is 0 Å². The Morgan fingerprint density at radius 1 is 1.25 bits per heavy atom. The number of ether oxygens (including phenoxy) is 3. The van der Waals surface area contributed by atoms with Gasteiger partial charge in [-0.2, -0.15) is 0 Å². The lowest BCUT2D eigenvalue weighted by atomic mass is 9.95. The lowest BCUT2D eigenvalue weighted by Crippen LogP contribution is -2.29. The van der Waals surface area contributed by atoms with Crippen LogP contribution in [0.3, 0.4) is 0 Å². The van der Waals surface area contributed by atoms with Crippen molar-refractivity contribution in [3.63, 3.8) is 0 Å². The number of benzene rings is 1. The second kappa shape index (κ2) is 7.29. The normalized spacial score (nSPS) is 22.6. The van der Waals surface area contributed by atoms with Crippen molar-refractivity contribution in [2.75, 3.05) is 14.2 Å². The van der Waals surface area contributed by atoms with Crippen molar-refractivity contribution < 1.29 is 14.2 Å². The Kier molecular flexibility index (Phi) is 5.69. The van der Waals surface area contributed by atoms with Gasteiger partial charge in [0.15, 0.2) is 11.5 Å². The third-order valence-electron chi connectivity index (χ3n) is 3.72. The number of halogens is 1. The molecule has 0 heterocycles. The van der Waals surface area contributed by atoms with Crippen LogP contribution >= 0.6 is 15.9 Å². The molecule has 112 valence electrons. The van der Waals surface area contributed by atoms with E-state index < -0.39 is 0 Å². The second-order valence-electron chi connectivity index (χ2n) is 5.08. The minimum Gasteiger partial charge on any atom is -0.493 e. The van der Waals surface area contributed by atoms with Crippen LogP contribution in [0.5, 0.6) is 11.5 Å². The molecule has 0 amide bonds. The van der Waals surface area contributed by atoms with Gasteiger partial charge < -0.3 is 19.9 Å². The van der Waals surface area contributed by atoms with E-state index in [1.54, 1.807) is 14.2 Å². The molecule has 1 aliphatic rings. The van der Waals surface area contributed by atoms with Gasteiger partial charge in [0.2, 0.25) is 0 Å². The fraction of sp³-hybridized carbons (Fsp3) is 0.600. The molecule has 20 heavy (non-hydrogen) atoms. The number of hydrogen-bond donors (Lipinski definition) is 1. The molecule has 1 fully saturated rings. The van der Waals surface area contributed by atoms with Crippen molar-refractivity contribution in [3.05, 3.63) is 22.2 Å². The molecule has 2 unspecified atom stereocenters. The number of hydrogen-bond acceptors (Lipinski definition) is 4. The van der Waals surface area contributed by atoms with Gasteiger partial charge in [-0.15, -0.1) is 0 Å². The zero-order chi connectivity index (χ0) is 14.5. The highest BCUT2D eigenvalue weighted by molar-refractivity contribution is 9.10. The van der Waals surface area contributed by atoms with Crippen molar-refractivity contribution in [1.29, 1.82) is 0 Å². The Hall–Kier alpha value is -0.780. The highest BCUT2D eigenvalue weighted by Gasteiger charge is 2.25. The summed E-state index contributed by atoms with van der Waals surface area (Å²) in [6.45, 7) is 0.477. The Morgan fingerprint density at radius 2 is 2.00 bits per heavy atom. The summed E-state index contributed by atoms with van der Waals surface area (Å²) in [6.07, 6.45) is 4.67. The van der Waals surface area contributed by atoms with Gasteiger partial charge in [-0.1, -0.05) is 0 Å². The van der Waals surface area contributed by atoms with Crippen LogP contribution in [0.2, 0.25) is 0 Å². The van der Waals surface area contributed by atoms with Crippen LogP contribution in [0, 0.1) is 0 Å². The van der Waals surface area contributed by atoms with E-state index >= 15 is 0 Å². The fourth-order valence-corrected chi connectivity index (χ4v) is 3.18. The zero-order valence-electron chi connectivity index (χ0n) is 12.0. The molecule has 5 heteroatoms. The van der Waals surface area contributed by atoms with Gasteiger partial charge in [0.1, 0.15) is 6.10 Å². The third-order valence-corrected chi connectivity index (χ3v) is 4.31. The van der Waals surface area contributed by atoms with Crippen LogP contribution in [0.25, 0.3) is 0 Å². The molecule has 4 nitrogen and oxygen atoms in total. The van der Waals surface area contributed by atoms with Crippen molar-refractivity contribution in [2.24, 2.45) is 5.73 Å². The first-order chi connectivity index (χ1) is 9.67. The van der Waals surface area contributed by atoms with Gasteiger partial charge in [-0.05, 0) is 52.9 Å². The summed E-state index contributed by atoms with van der Waals surface area (Å²) >= 11 is 3.55. The van der Waals surface area contributed by atoms with Gasteiger partial charge in [-0.25, -0.2) is 0 Å². The van der Waals surface area contributed by atoms with Crippen LogP contribution in [0.4, 0.5) is 0 Å². The fourth-order valence-electron chi connectivity index (χ4n) is 2.60. The molecule has 1 aliphatic carbocycles. The molecule has 0 spiro atoms. The Morgan fingerprint density at radius 3 is 2.65 bits per heavy atom.